The van der Waals surface area contributed by atoms with E-state index in [1.807, 2.05) is 47.0 Å². The van der Waals surface area contributed by atoms with Crippen molar-refractivity contribution in [3.63, 3.8) is 0 Å². The Balaban J connectivity index is 1.50. The van der Waals surface area contributed by atoms with Crippen molar-refractivity contribution < 1.29 is 9.52 Å². The predicted molar refractivity (Wildman–Crippen MR) is 123 cm³/mol. The topological polar surface area (TPSA) is 119 Å². The first-order valence-corrected chi connectivity index (χ1v) is 11.1. The number of imidazole rings is 1. The first-order chi connectivity index (χ1) is 16.2. The van der Waals surface area contributed by atoms with Crippen molar-refractivity contribution in [2.24, 2.45) is 0 Å². The average Bonchev–Trinajstić information content (AvgIpc) is 3.57. The lowest BCUT2D eigenvalue weighted by molar-refractivity contribution is 0.271. The summed E-state index contributed by atoms with van der Waals surface area (Å²) in [7, 11) is 0. The molecule has 2 aromatic carbocycles. The molecule has 0 saturated heterocycles. The van der Waals surface area contributed by atoms with Crippen LogP contribution in [0.25, 0.3) is 33.9 Å². The minimum absolute atomic E-state index is 0.167. The molecule has 5 rings (SSSR count). The molecule has 3 aromatic heterocycles. The number of nitrogens with one attached hydrogen (secondary N) is 1. The number of halogens is 1. The molecule has 9 nitrogen and oxygen atoms in total. The predicted octanol–water partition coefficient (Wildman–Crippen LogP) is 4.41. The van der Waals surface area contributed by atoms with E-state index in [1.54, 1.807) is 0 Å². The molecule has 0 amide bonds. The number of fused-ring (bicyclic) bond motifs is 1. The summed E-state index contributed by atoms with van der Waals surface area (Å²) in [5.41, 5.74) is 4.58. The zero-order chi connectivity index (χ0) is 22.8. The van der Waals surface area contributed by atoms with Gasteiger partial charge < -0.3 is 14.1 Å². The molecule has 0 saturated carbocycles. The number of nitrogens with zero attached hydrogens (tertiary/aromatic N) is 6. The minimum Gasteiger partial charge on any atom is -0.436 e. The molecular weight excluding hydrogens is 442 g/mol. The van der Waals surface area contributed by atoms with Crippen molar-refractivity contribution in [2.45, 2.75) is 39.3 Å². The smallest absolute Gasteiger partial charge is 0.228 e. The van der Waals surface area contributed by atoms with Crippen molar-refractivity contribution in [3.05, 3.63) is 64.7 Å². The summed E-state index contributed by atoms with van der Waals surface area (Å²) in [5.74, 6) is 1.83. The van der Waals surface area contributed by atoms with Gasteiger partial charge in [0.15, 0.2) is 10.7 Å². The third-order valence-corrected chi connectivity index (χ3v) is 5.85. The molecule has 168 valence electrons. The van der Waals surface area contributed by atoms with Crippen LogP contribution in [0.1, 0.15) is 36.8 Å². The largest absolute Gasteiger partial charge is 0.436 e. The van der Waals surface area contributed by atoms with Crippen LogP contribution >= 0.6 is 11.6 Å². The fraction of sp³-hybridized carbons (Fsp3) is 0.261. The first-order valence-electron chi connectivity index (χ1n) is 10.7. The Bertz CT molecular complexity index is 1390. The lowest BCUT2D eigenvalue weighted by Crippen LogP contribution is -2.09. The van der Waals surface area contributed by atoms with E-state index in [9.17, 15) is 5.11 Å². The quantitative estimate of drug-likeness (QED) is 0.350. The van der Waals surface area contributed by atoms with Crippen LogP contribution in [0.5, 0.6) is 0 Å². The zero-order valence-corrected chi connectivity index (χ0v) is 18.7. The molecule has 0 fully saturated rings. The van der Waals surface area contributed by atoms with Crippen molar-refractivity contribution in [3.8, 4) is 22.8 Å². The fourth-order valence-corrected chi connectivity index (χ4v) is 4.13. The van der Waals surface area contributed by atoms with Gasteiger partial charge in [-0.3, -0.25) is 0 Å². The van der Waals surface area contributed by atoms with E-state index in [2.05, 4.69) is 37.5 Å². The molecular formula is C23H22ClN7O2. The van der Waals surface area contributed by atoms with E-state index in [0.29, 0.717) is 34.7 Å². The van der Waals surface area contributed by atoms with Gasteiger partial charge in [-0.2, -0.15) is 5.21 Å². The third-order valence-electron chi connectivity index (χ3n) is 5.54. The third kappa shape index (κ3) is 4.12. The number of hydrogen-bond acceptors (Lipinski definition) is 7. The summed E-state index contributed by atoms with van der Waals surface area (Å²) in [6.45, 7) is 2.49. The van der Waals surface area contributed by atoms with E-state index in [4.69, 9.17) is 16.0 Å². The summed E-state index contributed by atoms with van der Waals surface area (Å²) < 4.78 is 8.12. The van der Waals surface area contributed by atoms with Crippen molar-refractivity contribution in [1.29, 1.82) is 0 Å². The molecule has 0 aliphatic heterocycles. The van der Waals surface area contributed by atoms with Crippen molar-refractivity contribution in [1.82, 2.24) is 35.2 Å². The van der Waals surface area contributed by atoms with Gasteiger partial charge in [0.25, 0.3) is 0 Å². The number of hydrogen-bond donors (Lipinski definition) is 2. The maximum absolute atomic E-state index is 9.83. The number of aliphatic hydroxyl groups excluding tert-OH is 1. The van der Waals surface area contributed by atoms with Crippen LogP contribution in [-0.2, 0) is 19.6 Å². The first kappa shape index (κ1) is 21.3. The highest BCUT2D eigenvalue weighted by Gasteiger charge is 2.18. The minimum atomic E-state index is -0.167. The molecule has 3 heterocycles. The van der Waals surface area contributed by atoms with Crippen LogP contribution < -0.4 is 0 Å². The summed E-state index contributed by atoms with van der Waals surface area (Å²) >= 11 is 6.28. The average molecular weight is 464 g/mol. The standard InChI is InChI=1S/C23H22ClN7O2/c1-2-3-8-20-26-21(24)18(13-32)31(20)12-14-9-10-17-19(11-14)33-23(25-17)16-7-5-4-6-15(16)22-27-29-30-28-22/h4-7,9-11,32H,2-3,8,12-13H2,1H3,(H,27,28,29,30). The summed E-state index contributed by atoms with van der Waals surface area (Å²) in [4.78, 5) is 9.13. The molecule has 0 unspecified atom stereocenters. The highest BCUT2D eigenvalue weighted by Crippen LogP contribution is 2.32. The van der Waals surface area contributed by atoms with Crippen LogP contribution in [0.3, 0.4) is 0 Å². The van der Waals surface area contributed by atoms with Crippen LogP contribution in [0.15, 0.2) is 46.9 Å². The van der Waals surface area contributed by atoms with Gasteiger partial charge in [0.2, 0.25) is 11.7 Å². The van der Waals surface area contributed by atoms with Crippen LogP contribution in [-0.4, -0.2) is 40.3 Å². The van der Waals surface area contributed by atoms with E-state index in [0.717, 1.165) is 47.3 Å². The maximum Gasteiger partial charge on any atom is 0.228 e. The Kier molecular flexibility index (Phi) is 5.89. The van der Waals surface area contributed by atoms with Gasteiger partial charge in [0.1, 0.15) is 11.3 Å². The molecule has 2 N–H and O–H groups in total. The fourth-order valence-electron chi connectivity index (χ4n) is 3.87. The van der Waals surface area contributed by atoms with Gasteiger partial charge in [-0.1, -0.05) is 49.2 Å². The Morgan fingerprint density at radius 3 is 2.73 bits per heavy atom. The van der Waals surface area contributed by atoms with Gasteiger partial charge in [-0.05, 0) is 35.4 Å². The van der Waals surface area contributed by atoms with E-state index in [1.165, 1.54) is 0 Å². The van der Waals surface area contributed by atoms with Crippen molar-refractivity contribution >= 4 is 22.7 Å². The second kappa shape index (κ2) is 9.13. The Morgan fingerprint density at radius 2 is 1.97 bits per heavy atom. The second-order valence-corrected chi connectivity index (χ2v) is 8.07. The highest BCUT2D eigenvalue weighted by atomic mass is 35.5. The van der Waals surface area contributed by atoms with E-state index < -0.39 is 0 Å². The van der Waals surface area contributed by atoms with E-state index in [-0.39, 0.29) is 6.61 Å². The highest BCUT2D eigenvalue weighted by molar-refractivity contribution is 6.30. The summed E-state index contributed by atoms with van der Waals surface area (Å²) in [6.07, 6.45) is 2.86. The maximum atomic E-state index is 9.83. The lowest BCUT2D eigenvalue weighted by Gasteiger charge is -2.11. The number of aromatic nitrogens is 7. The van der Waals surface area contributed by atoms with Gasteiger partial charge >= 0.3 is 0 Å². The molecule has 0 spiro atoms. The number of benzene rings is 2. The van der Waals surface area contributed by atoms with Gasteiger partial charge in [-0.25, -0.2) is 9.97 Å². The van der Waals surface area contributed by atoms with Gasteiger partial charge in [0, 0.05) is 24.1 Å². The second-order valence-electron chi connectivity index (χ2n) is 7.72. The van der Waals surface area contributed by atoms with E-state index >= 15 is 0 Å². The number of aromatic amines is 1. The molecule has 0 aliphatic rings. The monoisotopic (exact) mass is 463 g/mol. The molecule has 0 radical (unpaired) electrons. The number of H-pyrrole nitrogens is 1. The SMILES string of the molecule is CCCCc1nc(Cl)c(CO)n1Cc1ccc2nc(-c3ccccc3-c3nn[nH]n3)oc2c1. The lowest BCUT2D eigenvalue weighted by atomic mass is 10.1. The number of unbranched alkanes of at least 4 members (excludes halogenated alkanes) is 1. The molecule has 5 aromatic rings. The van der Waals surface area contributed by atoms with Crippen LogP contribution in [0, 0.1) is 0 Å². The Labute approximate surface area is 194 Å². The van der Waals surface area contributed by atoms with Gasteiger partial charge in [0.05, 0.1) is 12.3 Å². The molecule has 10 heteroatoms. The summed E-state index contributed by atoms with van der Waals surface area (Å²) in [6, 6.07) is 13.5. The molecule has 0 aliphatic carbocycles. The Morgan fingerprint density at radius 1 is 1.12 bits per heavy atom. The molecule has 0 bridgehead atoms. The van der Waals surface area contributed by atoms with Crippen LogP contribution in [0.2, 0.25) is 5.15 Å². The van der Waals surface area contributed by atoms with Crippen LogP contribution in [0.4, 0.5) is 0 Å². The zero-order valence-electron chi connectivity index (χ0n) is 18.0. The number of tetrazole rings is 1. The number of aryl methyl sites for hydroxylation is 1. The normalized spacial score (nSPS) is 11.5. The number of aliphatic hydroxyl groups is 1. The van der Waals surface area contributed by atoms with Crippen molar-refractivity contribution in [2.75, 3.05) is 0 Å². The number of oxazole rings is 1. The Hall–Kier alpha value is -3.56. The molecule has 0 atom stereocenters. The molecule has 33 heavy (non-hydrogen) atoms. The summed E-state index contributed by atoms with van der Waals surface area (Å²) in [5, 5.41) is 24.5. The van der Waals surface area contributed by atoms with Gasteiger partial charge in [-0.15, -0.1) is 10.2 Å². The number of rotatable bonds is 8.